The summed E-state index contributed by atoms with van der Waals surface area (Å²) in [4.78, 5) is 13.4. The highest BCUT2D eigenvalue weighted by Crippen LogP contribution is 2.36. The molecule has 1 amide bonds. The van der Waals surface area contributed by atoms with E-state index in [9.17, 15) is 13.2 Å². The summed E-state index contributed by atoms with van der Waals surface area (Å²) < 4.78 is 28.6. The second-order valence-electron chi connectivity index (χ2n) is 5.58. The fourth-order valence-electron chi connectivity index (χ4n) is 2.12. The van der Waals surface area contributed by atoms with E-state index in [-0.39, 0.29) is 4.90 Å². The van der Waals surface area contributed by atoms with Gasteiger partial charge in [0.2, 0.25) is 0 Å². The monoisotopic (exact) mass is 317 g/mol. The van der Waals surface area contributed by atoms with Crippen LogP contribution in [0.4, 0.5) is 10.5 Å². The molecule has 0 bridgehead atoms. The van der Waals surface area contributed by atoms with E-state index in [1.807, 2.05) is 0 Å². The third-order valence-electron chi connectivity index (χ3n) is 2.83. The lowest BCUT2D eigenvalue weighted by atomic mass is 10.2. The highest BCUT2D eigenvalue weighted by atomic mass is 35.7. The van der Waals surface area contributed by atoms with Crippen LogP contribution in [-0.2, 0) is 20.2 Å². The summed E-state index contributed by atoms with van der Waals surface area (Å²) in [5.74, 6) is 0. The number of fused-ring (bicyclic) bond motifs is 1. The molecule has 2 rings (SSSR count). The number of ether oxygens (including phenoxy) is 1. The van der Waals surface area contributed by atoms with Crippen molar-refractivity contribution in [1.82, 2.24) is 0 Å². The van der Waals surface area contributed by atoms with E-state index >= 15 is 0 Å². The van der Waals surface area contributed by atoms with E-state index < -0.39 is 20.7 Å². The number of rotatable bonds is 1. The first-order valence-corrected chi connectivity index (χ1v) is 8.47. The van der Waals surface area contributed by atoms with Gasteiger partial charge in [0.25, 0.3) is 9.05 Å². The lowest BCUT2D eigenvalue weighted by Crippen LogP contribution is -2.36. The van der Waals surface area contributed by atoms with E-state index in [0.717, 1.165) is 5.56 Å². The van der Waals surface area contributed by atoms with Crippen molar-refractivity contribution in [3.63, 3.8) is 0 Å². The highest BCUT2D eigenvalue weighted by Gasteiger charge is 2.33. The first-order valence-electron chi connectivity index (χ1n) is 6.17. The maximum absolute atomic E-state index is 12.2. The minimum atomic E-state index is -3.92. The van der Waals surface area contributed by atoms with Gasteiger partial charge in [-0.2, -0.15) is 0 Å². The van der Waals surface area contributed by atoms with Gasteiger partial charge in [0, 0.05) is 17.2 Å². The van der Waals surface area contributed by atoms with Gasteiger partial charge in [-0.15, -0.1) is 0 Å². The Morgan fingerprint density at radius 1 is 1.35 bits per heavy atom. The quantitative estimate of drug-likeness (QED) is 0.747. The van der Waals surface area contributed by atoms with Gasteiger partial charge < -0.3 is 4.74 Å². The van der Waals surface area contributed by atoms with E-state index in [4.69, 9.17) is 15.4 Å². The second kappa shape index (κ2) is 4.93. The molecule has 1 aromatic rings. The van der Waals surface area contributed by atoms with Crippen LogP contribution in [0.25, 0.3) is 0 Å². The van der Waals surface area contributed by atoms with E-state index in [1.165, 1.54) is 11.0 Å². The van der Waals surface area contributed by atoms with Crippen molar-refractivity contribution in [3.8, 4) is 0 Å². The Bertz CT molecular complexity index is 649. The fraction of sp³-hybridized carbons (Fsp3) is 0.462. The maximum atomic E-state index is 12.2. The van der Waals surface area contributed by atoms with Gasteiger partial charge in [-0.25, -0.2) is 13.2 Å². The first kappa shape index (κ1) is 15.1. The Balaban J connectivity index is 2.44. The fourth-order valence-corrected chi connectivity index (χ4v) is 3.20. The predicted octanol–water partition coefficient (Wildman–Crippen LogP) is 2.91. The van der Waals surface area contributed by atoms with Crippen molar-refractivity contribution in [2.75, 3.05) is 11.4 Å². The number of carbonyl (C=O) groups excluding carboxylic acids is 1. The van der Waals surface area contributed by atoms with Gasteiger partial charge in [0.05, 0.1) is 5.69 Å². The number of nitrogens with zero attached hydrogens (tertiary/aromatic N) is 1. The molecule has 5 nitrogen and oxygen atoms in total. The number of anilines is 1. The third kappa shape index (κ3) is 3.07. The summed E-state index contributed by atoms with van der Waals surface area (Å²) in [5, 5.41) is 0. The standard InChI is InChI=1S/C13H16ClNO4S/c1-13(2,3)19-12(16)15-8-7-9-5-4-6-10(11(9)15)20(14,17)18/h4-6H,7-8H2,1-3H3. The number of hydrogen-bond donors (Lipinski definition) is 0. The number of para-hydroxylation sites is 1. The van der Waals surface area contributed by atoms with Gasteiger partial charge >= 0.3 is 6.09 Å². The average molecular weight is 318 g/mol. The van der Waals surface area contributed by atoms with E-state index in [0.29, 0.717) is 18.7 Å². The van der Waals surface area contributed by atoms with Crippen LogP contribution in [0.2, 0.25) is 0 Å². The first-order chi connectivity index (χ1) is 9.09. The second-order valence-corrected chi connectivity index (χ2v) is 8.12. The number of halogens is 1. The van der Waals surface area contributed by atoms with Crippen molar-refractivity contribution in [2.24, 2.45) is 0 Å². The minimum Gasteiger partial charge on any atom is -0.443 e. The van der Waals surface area contributed by atoms with Crippen molar-refractivity contribution in [2.45, 2.75) is 37.7 Å². The normalized spacial score (nSPS) is 15.1. The molecule has 0 N–H and O–H groups in total. The highest BCUT2D eigenvalue weighted by molar-refractivity contribution is 8.13. The van der Waals surface area contributed by atoms with E-state index in [1.54, 1.807) is 32.9 Å². The van der Waals surface area contributed by atoms with Gasteiger partial charge in [-0.1, -0.05) is 12.1 Å². The van der Waals surface area contributed by atoms with Crippen LogP contribution in [-0.4, -0.2) is 26.7 Å². The third-order valence-corrected chi connectivity index (χ3v) is 4.19. The molecule has 110 valence electrons. The van der Waals surface area contributed by atoms with Crippen LogP contribution in [0, 0.1) is 0 Å². The van der Waals surface area contributed by atoms with E-state index in [2.05, 4.69) is 0 Å². The molecular formula is C13H16ClNO4S. The number of benzene rings is 1. The van der Waals surface area contributed by atoms with Crippen molar-refractivity contribution in [1.29, 1.82) is 0 Å². The Kier molecular flexibility index (Phi) is 3.73. The number of amides is 1. The molecule has 1 aliphatic rings. The SMILES string of the molecule is CC(C)(C)OC(=O)N1CCc2cccc(S(=O)(=O)Cl)c21. The topological polar surface area (TPSA) is 63.7 Å². The number of carbonyl (C=O) groups is 1. The average Bonchev–Trinajstić information content (AvgIpc) is 2.68. The predicted molar refractivity (Wildman–Crippen MR) is 76.8 cm³/mol. The smallest absolute Gasteiger partial charge is 0.414 e. The summed E-state index contributed by atoms with van der Waals surface area (Å²) in [6, 6.07) is 4.79. The molecule has 20 heavy (non-hydrogen) atoms. The van der Waals surface area contributed by atoms with Crippen LogP contribution in [0.5, 0.6) is 0 Å². The number of hydrogen-bond acceptors (Lipinski definition) is 4. The lowest BCUT2D eigenvalue weighted by molar-refractivity contribution is 0.0583. The van der Waals surface area contributed by atoms with Crippen LogP contribution < -0.4 is 4.90 Å². The summed E-state index contributed by atoms with van der Waals surface area (Å²) in [6.07, 6.45) is 0.0125. The van der Waals surface area contributed by atoms with Gasteiger partial charge in [-0.05, 0) is 38.8 Å². The van der Waals surface area contributed by atoms with Gasteiger partial charge in [0.15, 0.2) is 0 Å². The summed E-state index contributed by atoms with van der Waals surface area (Å²) in [5.41, 5.74) is 0.462. The van der Waals surface area contributed by atoms with Crippen LogP contribution in [0.15, 0.2) is 23.1 Å². The van der Waals surface area contributed by atoms with Crippen molar-refractivity contribution in [3.05, 3.63) is 23.8 Å². The molecule has 0 atom stereocenters. The Hall–Kier alpha value is -1.27. The van der Waals surface area contributed by atoms with Gasteiger partial charge in [0.1, 0.15) is 10.5 Å². The van der Waals surface area contributed by atoms with Crippen LogP contribution >= 0.6 is 10.7 Å². The largest absolute Gasteiger partial charge is 0.443 e. The van der Waals surface area contributed by atoms with Gasteiger partial charge in [-0.3, -0.25) is 4.90 Å². The molecule has 0 aromatic heterocycles. The van der Waals surface area contributed by atoms with Crippen LogP contribution in [0.3, 0.4) is 0 Å². The lowest BCUT2D eigenvalue weighted by Gasteiger charge is -2.25. The minimum absolute atomic E-state index is 0.0555. The Labute approximate surface area is 122 Å². The summed E-state index contributed by atoms with van der Waals surface area (Å²) in [7, 11) is 1.52. The molecule has 7 heteroatoms. The molecule has 0 unspecified atom stereocenters. The molecule has 0 radical (unpaired) electrons. The Morgan fingerprint density at radius 2 is 2.00 bits per heavy atom. The molecule has 1 aliphatic heterocycles. The molecule has 0 fully saturated rings. The zero-order valence-electron chi connectivity index (χ0n) is 11.5. The molecule has 0 saturated carbocycles. The summed E-state index contributed by atoms with van der Waals surface area (Å²) in [6.45, 7) is 5.65. The maximum Gasteiger partial charge on any atom is 0.414 e. The Morgan fingerprint density at radius 3 is 2.55 bits per heavy atom. The van der Waals surface area contributed by atoms with Crippen molar-refractivity contribution >= 4 is 31.5 Å². The van der Waals surface area contributed by atoms with Crippen molar-refractivity contribution < 1.29 is 17.9 Å². The molecule has 1 aromatic carbocycles. The zero-order valence-corrected chi connectivity index (χ0v) is 13.1. The molecule has 1 heterocycles. The molecular weight excluding hydrogens is 302 g/mol. The van der Waals surface area contributed by atoms with Crippen LogP contribution in [0.1, 0.15) is 26.3 Å². The summed E-state index contributed by atoms with van der Waals surface area (Å²) >= 11 is 0. The molecule has 0 spiro atoms. The zero-order chi connectivity index (χ0) is 15.1. The molecule has 0 aliphatic carbocycles. The molecule has 0 saturated heterocycles.